The van der Waals surface area contributed by atoms with E-state index >= 15 is 0 Å². The highest BCUT2D eigenvalue weighted by Gasteiger charge is 2.22. The Morgan fingerprint density at radius 2 is 2.11 bits per heavy atom. The van der Waals surface area contributed by atoms with Crippen molar-refractivity contribution in [2.24, 2.45) is 0 Å². The van der Waals surface area contributed by atoms with Crippen LogP contribution < -0.4 is 0 Å². The third-order valence-corrected chi connectivity index (χ3v) is 4.10. The van der Waals surface area contributed by atoms with Gasteiger partial charge in [0.15, 0.2) is 5.12 Å². The van der Waals surface area contributed by atoms with Crippen LogP contribution in [0.3, 0.4) is 0 Å². The minimum atomic E-state index is -1.20. The first-order valence-corrected chi connectivity index (χ1v) is 7.15. The van der Waals surface area contributed by atoms with Gasteiger partial charge in [0.05, 0.1) is 11.1 Å². The molecular formula is C13H16ClFO3S. The molecule has 3 nitrogen and oxygen atoms in total. The summed E-state index contributed by atoms with van der Waals surface area (Å²) in [4.78, 5) is 10.8. The van der Waals surface area contributed by atoms with Gasteiger partial charge in [0.1, 0.15) is 11.9 Å². The zero-order valence-electron chi connectivity index (χ0n) is 10.7. The molecular weight excluding hydrogens is 291 g/mol. The molecule has 0 aliphatic heterocycles. The SMILES string of the molecule is CC(=O)SCCC(O)C(O)c1ccc(F)c(C)c1Cl. The number of benzene rings is 1. The highest BCUT2D eigenvalue weighted by molar-refractivity contribution is 8.13. The molecule has 19 heavy (non-hydrogen) atoms. The number of halogens is 2. The Labute approximate surface area is 120 Å². The average Bonchev–Trinajstić information content (AvgIpc) is 2.35. The number of hydrogen-bond donors (Lipinski definition) is 2. The van der Waals surface area contributed by atoms with Crippen molar-refractivity contribution < 1.29 is 19.4 Å². The molecule has 2 N–H and O–H groups in total. The van der Waals surface area contributed by atoms with Gasteiger partial charge in [-0.2, -0.15) is 0 Å². The summed E-state index contributed by atoms with van der Waals surface area (Å²) >= 11 is 7.03. The molecule has 106 valence electrons. The summed E-state index contributed by atoms with van der Waals surface area (Å²) in [6.45, 7) is 2.94. The molecule has 0 bridgehead atoms. The Morgan fingerprint density at radius 1 is 1.47 bits per heavy atom. The maximum absolute atomic E-state index is 13.2. The molecule has 0 aliphatic rings. The number of thioether (sulfide) groups is 1. The summed E-state index contributed by atoms with van der Waals surface area (Å²) in [5.41, 5.74) is 0.532. The Morgan fingerprint density at radius 3 is 2.68 bits per heavy atom. The molecule has 0 fully saturated rings. The molecule has 1 aromatic rings. The van der Waals surface area contributed by atoms with E-state index < -0.39 is 18.0 Å². The molecule has 6 heteroatoms. The van der Waals surface area contributed by atoms with E-state index in [0.29, 0.717) is 11.3 Å². The molecule has 0 radical (unpaired) electrons. The zero-order chi connectivity index (χ0) is 14.6. The number of rotatable bonds is 5. The third-order valence-electron chi connectivity index (χ3n) is 2.75. The van der Waals surface area contributed by atoms with Crippen molar-refractivity contribution in [2.75, 3.05) is 5.75 Å². The van der Waals surface area contributed by atoms with Gasteiger partial charge >= 0.3 is 0 Å². The molecule has 0 amide bonds. The lowest BCUT2D eigenvalue weighted by Gasteiger charge is -2.19. The van der Waals surface area contributed by atoms with Crippen LogP contribution in [0.25, 0.3) is 0 Å². The molecule has 0 saturated heterocycles. The normalized spacial score (nSPS) is 14.2. The van der Waals surface area contributed by atoms with Gasteiger partial charge in [0.25, 0.3) is 0 Å². The van der Waals surface area contributed by atoms with Crippen LogP contribution >= 0.6 is 23.4 Å². The molecule has 2 unspecified atom stereocenters. The van der Waals surface area contributed by atoms with Crippen molar-refractivity contribution in [2.45, 2.75) is 32.5 Å². The second kappa shape index (κ2) is 7.24. The number of aliphatic hydroxyl groups is 2. The van der Waals surface area contributed by atoms with E-state index in [1.54, 1.807) is 0 Å². The lowest BCUT2D eigenvalue weighted by atomic mass is 10.0. The summed E-state index contributed by atoms with van der Waals surface area (Å²) in [5.74, 6) is -0.0479. The highest BCUT2D eigenvalue weighted by Crippen LogP contribution is 2.30. The average molecular weight is 307 g/mol. The van der Waals surface area contributed by atoms with Crippen molar-refractivity contribution in [1.29, 1.82) is 0 Å². The monoisotopic (exact) mass is 306 g/mol. The van der Waals surface area contributed by atoms with E-state index in [1.165, 1.54) is 26.0 Å². The lowest BCUT2D eigenvalue weighted by molar-refractivity contribution is -0.109. The molecule has 0 aliphatic carbocycles. The van der Waals surface area contributed by atoms with Gasteiger partial charge in [-0.25, -0.2) is 4.39 Å². The Kier molecular flexibility index (Phi) is 6.26. The topological polar surface area (TPSA) is 57.5 Å². The molecule has 0 heterocycles. The predicted octanol–water partition coefficient (Wildman–Crippen LogP) is 2.85. The fourth-order valence-electron chi connectivity index (χ4n) is 1.60. The van der Waals surface area contributed by atoms with Crippen LogP contribution in [0, 0.1) is 12.7 Å². The van der Waals surface area contributed by atoms with E-state index in [-0.39, 0.29) is 22.1 Å². The maximum Gasteiger partial charge on any atom is 0.185 e. The summed E-state index contributed by atoms with van der Waals surface area (Å²) in [6.07, 6.45) is -1.99. The first-order chi connectivity index (χ1) is 8.84. The van der Waals surface area contributed by atoms with Crippen molar-refractivity contribution in [3.8, 4) is 0 Å². The van der Waals surface area contributed by atoms with Crippen LogP contribution in [0.1, 0.15) is 30.6 Å². The summed E-state index contributed by atoms with van der Waals surface area (Å²) in [6, 6.07) is 2.56. The largest absolute Gasteiger partial charge is 0.390 e. The van der Waals surface area contributed by atoms with Gasteiger partial charge in [-0.15, -0.1) is 0 Å². The molecule has 1 rings (SSSR count). The van der Waals surface area contributed by atoms with Gasteiger partial charge in [-0.05, 0) is 19.4 Å². The van der Waals surface area contributed by atoms with Crippen LogP contribution in [0.15, 0.2) is 12.1 Å². The minimum Gasteiger partial charge on any atom is -0.390 e. The van der Waals surface area contributed by atoms with E-state index in [9.17, 15) is 19.4 Å². The lowest BCUT2D eigenvalue weighted by Crippen LogP contribution is -2.20. The molecule has 1 aromatic carbocycles. The Hall–Kier alpha value is -0.620. The van der Waals surface area contributed by atoms with Gasteiger partial charge in [0.2, 0.25) is 0 Å². The zero-order valence-corrected chi connectivity index (χ0v) is 12.3. The molecule has 0 aromatic heterocycles. The fourth-order valence-corrected chi connectivity index (χ4v) is 2.51. The number of carbonyl (C=O) groups excluding carboxylic acids is 1. The van der Waals surface area contributed by atoms with Crippen molar-refractivity contribution >= 4 is 28.5 Å². The Bertz CT molecular complexity index is 467. The standard InChI is InChI=1S/C13H16ClFO3S/c1-7-10(15)4-3-9(12(7)14)13(18)11(17)5-6-19-8(2)16/h3-4,11,13,17-18H,5-6H2,1-2H3. The van der Waals surface area contributed by atoms with Crippen LogP contribution in [0.2, 0.25) is 5.02 Å². The second-order valence-electron chi connectivity index (χ2n) is 4.22. The first-order valence-electron chi connectivity index (χ1n) is 5.78. The summed E-state index contributed by atoms with van der Waals surface area (Å²) in [5, 5.41) is 19.9. The minimum absolute atomic E-state index is 0.0441. The predicted molar refractivity (Wildman–Crippen MR) is 74.9 cm³/mol. The van der Waals surface area contributed by atoms with Crippen LogP contribution in [-0.4, -0.2) is 27.2 Å². The fraction of sp³-hybridized carbons (Fsp3) is 0.462. The number of hydrogen-bond acceptors (Lipinski definition) is 4. The van der Waals surface area contributed by atoms with Gasteiger partial charge in [0, 0.05) is 23.8 Å². The van der Waals surface area contributed by atoms with Crippen molar-refractivity contribution in [3.63, 3.8) is 0 Å². The van der Waals surface area contributed by atoms with Gasteiger partial charge < -0.3 is 10.2 Å². The quantitative estimate of drug-likeness (QED) is 0.878. The van der Waals surface area contributed by atoms with E-state index in [1.807, 2.05) is 0 Å². The van der Waals surface area contributed by atoms with Crippen molar-refractivity contribution in [1.82, 2.24) is 0 Å². The van der Waals surface area contributed by atoms with E-state index in [4.69, 9.17) is 11.6 Å². The van der Waals surface area contributed by atoms with Crippen LogP contribution in [0.5, 0.6) is 0 Å². The molecule has 2 atom stereocenters. The van der Waals surface area contributed by atoms with E-state index in [2.05, 4.69) is 0 Å². The number of aliphatic hydroxyl groups excluding tert-OH is 2. The van der Waals surface area contributed by atoms with Crippen molar-refractivity contribution in [3.05, 3.63) is 34.1 Å². The van der Waals surface area contributed by atoms with Crippen LogP contribution in [-0.2, 0) is 4.79 Å². The van der Waals surface area contributed by atoms with E-state index in [0.717, 1.165) is 11.8 Å². The van der Waals surface area contributed by atoms with Gasteiger partial charge in [-0.1, -0.05) is 29.4 Å². The summed E-state index contributed by atoms with van der Waals surface area (Å²) in [7, 11) is 0. The maximum atomic E-state index is 13.2. The molecule has 0 saturated carbocycles. The first kappa shape index (κ1) is 16.4. The third kappa shape index (κ3) is 4.45. The molecule has 0 spiro atoms. The number of carbonyl (C=O) groups is 1. The summed E-state index contributed by atoms with van der Waals surface area (Å²) < 4.78 is 13.2. The highest BCUT2D eigenvalue weighted by atomic mass is 35.5. The smallest absolute Gasteiger partial charge is 0.185 e. The second-order valence-corrected chi connectivity index (χ2v) is 5.87. The van der Waals surface area contributed by atoms with Gasteiger partial charge in [-0.3, -0.25) is 4.79 Å². The Balaban J connectivity index is 2.74. The van der Waals surface area contributed by atoms with Crippen LogP contribution in [0.4, 0.5) is 4.39 Å².